The van der Waals surface area contributed by atoms with E-state index >= 15 is 0 Å². The Labute approximate surface area is 131 Å². The van der Waals surface area contributed by atoms with Gasteiger partial charge in [0.05, 0.1) is 6.10 Å². The van der Waals surface area contributed by atoms with Gasteiger partial charge in [-0.05, 0) is 64.8 Å². The van der Waals surface area contributed by atoms with Crippen LogP contribution >= 0.6 is 11.6 Å². The van der Waals surface area contributed by atoms with Gasteiger partial charge in [-0.2, -0.15) is 0 Å². The van der Waals surface area contributed by atoms with Crippen molar-refractivity contribution in [2.75, 3.05) is 5.32 Å². The lowest BCUT2D eigenvalue weighted by Crippen LogP contribution is -2.64. The molecule has 0 aliphatic carbocycles. The molecule has 2 N–H and O–H groups in total. The molecule has 0 saturated carbocycles. The second-order valence-electron chi connectivity index (χ2n) is 6.96. The summed E-state index contributed by atoms with van der Waals surface area (Å²) in [5.41, 5.74) is -0.0999. The van der Waals surface area contributed by atoms with Crippen LogP contribution in [0.3, 0.4) is 0 Å². The van der Waals surface area contributed by atoms with Crippen molar-refractivity contribution in [1.29, 1.82) is 0 Å². The summed E-state index contributed by atoms with van der Waals surface area (Å²) in [7, 11) is 0. The smallest absolute Gasteiger partial charge is 0.322 e. The van der Waals surface area contributed by atoms with Crippen LogP contribution < -0.4 is 5.32 Å². The number of benzene rings is 1. The van der Waals surface area contributed by atoms with Crippen LogP contribution in [0.5, 0.6) is 0 Å². The number of urea groups is 1. The summed E-state index contributed by atoms with van der Waals surface area (Å²) < 4.78 is 0. The van der Waals surface area contributed by atoms with Gasteiger partial charge in [-0.25, -0.2) is 4.79 Å². The molecule has 1 aliphatic heterocycles. The van der Waals surface area contributed by atoms with E-state index in [0.29, 0.717) is 23.6 Å². The van der Waals surface area contributed by atoms with Crippen LogP contribution in [0.1, 0.15) is 40.5 Å². The summed E-state index contributed by atoms with van der Waals surface area (Å²) in [4.78, 5) is 14.5. The minimum atomic E-state index is -0.405. The molecule has 0 spiro atoms. The van der Waals surface area contributed by atoms with Crippen molar-refractivity contribution in [1.82, 2.24) is 4.90 Å². The van der Waals surface area contributed by atoms with E-state index in [4.69, 9.17) is 11.6 Å². The van der Waals surface area contributed by atoms with Gasteiger partial charge in [-0.3, -0.25) is 0 Å². The number of carbonyl (C=O) groups is 1. The number of rotatable bonds is 1. The lowest BCUT2D eigenvalue weighted by Gasteiger charge is -2.54. The number of carbonyl (C=O) groups excluding carboxylic acids is 1. The molecule has 1 heterocycles. The third-order valence-electron chi connectivity index (χ3n) is 3.98. The first kappa shape index (κ1) is 16.1. The van der Waals surface area contributed by atoms with E-state index in [1.165, 1.54) is 0 Å². The Morgan fingerprint density at radius 3 is 2.14 bits per heavy atom. The summed E-state index contributed by atoms with van der Waals surface area (Å²) in [5.74, 6) is 0. The first-order valence-electron chi connectivity index (χ1n) is 7.17. The average Bonchev–Trinajstić information content (AvgIpc) is 2.27. The van der Waals surface area contributed by atoms with E-state index in [0.717, 1.165) is 0 Å². The molecule has 21 heavy (non-hydrogen) atoms. The quantitative estimate of drug-likeness (QED) is 0.827. The van der Waals surface area contributed by atoms with Crippen molar-refractivity contribution in [3.8, 4) is 0 Å². The van der Waals surface area contributed by atoms with Gasteiger partial charge in [0.2, 0.25) is 0 Å². The first-order valence-corrected chi connectivity index (χ1v) is 7.55. The molecule has 1 aromatic rings. The van der Waals surface area contributed by atoms with E-state index in [-0.39, 0.29) is 12.1 Å². The fraction of sp³-hybridized carbons (Fsp3) is 0.562. The van der Waals surface area contributed by atoms with Gasteiger partial charge >= 0.3 is 6.03 Å². The summed E-state index contributed by atoms with van der Waals surface area (Å²) in [6, 6.07) is 6.89. The monoisotopic (exact) mass is 310 g/mol. The van der Waals surface area contributed by atoms with Gasteiger partial charge in [-0.15, -0.1) is 0 Å². The Hall–Kier alpha value is -1.26. The van der Waals surface area contributed by atoms with Crippen molar-refractivity contribution < 1.29 is 9.90 Å². The lowest BCUT2D eigenvalue weighted by molar-refractivity contribution is -0.0471. The molecule has 2 rings (SSSR count). The van der Waals surface area contributed by atoms with E-state index < -0.39 is 11.1 Å². The molecule has 1 aliphatic rings. The predicted molar refractivity (Wildman–Crippen MR) is 85.7 cm³/mol. The number of nitrogens with zero attached hydrogens (tertiary/aromatic N) is 1. The third kappa shape index (κ3) is 3.50. The molecule has 0 unspecified atom stereocenters. The first-order chi connectivity index (χ1) is 9.62. The molecule has 0 radical (unpaired) electrons. The highest BCUT2D eigenvalue weighted by Gasteiger charge is 2.47. The number of nitrogens with one attached hydrogen (secondary N) is 1. The van der Waals surface area contributed by atoms with Crippen LogP contribution in [-0.2, 0) is 0 Å². The molecule has 1 aromatic carbocycles. The minimum absolute atomic E-state index is 0.153. The number of hydrogen-bond donors (Lipinski definition) is 2. The maximum absolute atomic E-state index is 12.7. The maximum atomic E-state index is 12.7. The zero-order valence-corrected chi connectivity index (χ0v) is 13.7. The van der Waals surface area contributed by atoms with E-state index in [9.17, 15) is 9.90 Å². The number of anilines is 1. The molecular formula is C16H23ClN2O2. The van der Waals surface area contributed by atoms with Crippen molar-refractivity contribution in [2.24, 2.45) is 0 Å². The van der Waals surface area contributed by atoms with Gasteiger partial charge in [0.25, 0.3) is 0 Å². The topological polar surface area (TPSA) is 52.6 Å². The van der Waals surface area contributed by atoms with Gasteiger partial charge in [0.1, 0.15) is 0 Å². The summed E-state index contributed by atoms with van der Waals surface area (Å²) in [6.45, 7) is 7.94. The summed E-state index contributed by atoms with van der Waals surface area (Å²) in [6.07, 6.45) is 0.768. The Bertz CT molecular complexity index is 508. The van der Waals surface area contributed by atoms with Crippen molar-refractivity contribution in [3.05, 3.63) is 29.3 Å². The van der Waals surface area contributed by atoms with Crippen LogP contribution in [0.2, 0.25) is 5.02 Å². The Balaban J connectivity index is 2.21. The lowest BCUT2D eigenvalue weighted by atomic mass is 9.78. The van der Waals surface area contributed by atoms with Gasteiger partial charge in [0.15, 0.2) is 0 Å². The highest BCUT2D eigenvalue weighted by atomic mass is 35.5. The largest absolute Gasteiger partial charge is 0.393 e. The van der Waals surface area contributed by atoms with Crippen LogP contribution in [0.15, 0.2) is 24.3 Å². The SMILES string of the molecule is CC1(C)CC(O)CC(C)(C)N1C(=O)Nc1ccc(Cl)cc1. The summed E-state index contributed by atoms with van der Waals surface area (Å²) >= 11 is 5.85. The van der Waals surface area contributed by atoms with Crippen molar-refractivity contribution in [2.45, 2.75) is 57.7 Å². The standard InChI is InChI=1S/C16H23ClN2O2/c1-15(2)9-13(20)10-16(3,4)19(15)14(21)18-12-7-5-11(17)6-8-12/h5-8,13,20H,9-10H2,1-4H3,(H,18,21). The zero-order valence-electron chi connectivity index (χ0n) is 13.0. The second-order valence-corrected chi connectivity index (χ2v) is 7.40. The fourth-order valence-corrected chi connectivity index (χ4v) is 3.62. The third-order valence-corrected chi connectivity index (χ3v) is 4.23. The Kier molecular flexibility index (Phi) is 4.22. The number of halogens is 1. The Morgan fingerprint density at radius 2 is 1.67 bits per heavy atom. The highest BCUT2D eigenvalue weighted by molar-refractivity contribution is 6.30. The number of amides is 2. The second kappa shape index (κ2) is 5.50. The van der Waals surface area contributed by atoms with E-state index in [1.807, 2.05) is 32.6 Å². The van der Waals surface area contributed by atoms with Crippen LogP contribution in [-0.4, -0.2) is 33.2 Å². The van der Waals surface area contributed by atoms with Crippen LogP contribution in [0, 0.1) is 0 Å². The minimum Gasteiger partial charge on any atom is -0.393 e. The summed E-state index contributed by atoms with van der Waals surface area (Å²) in [5, 5.41) is 13.6. The molecular weight excluding hydrogens is 288 g/mol. The molecule has 0 atom stereocenters. The number of aliphatic hydroxyl groups excluding tert-OH is 1. The number of hydrogen-bond acceptors (Lipinski definition) is 2. The molecule has 0 aromatic heterocycles. The highest BCUT2D eigenvalue weighted by Crippen LogP contribution is 2.38. The molecule has 1 fully saturated rings. The van der Waals surface area contributed by atoms with Gasteiger partial charge in [-0.1, -0.05) is 11.6 Å². The molecule has 116 valence electrons. The average molecular weight is 311 g/mol. The van der Waals surface area contributed by atoms with Crippen molar-refractivity contribution >= 4 is 23.3 Å². The number of likely N-dealkylation sites (tertiary alicyclic amines) is 1. The zero-order chi connectivity index (χ0) is 15.8. The predicted octanol–water partition coefficient (Wildman–Crippen LogP) is 3.89. The van der Waals surface area contributed by atoms with Crippen molar-refractivity contribution in [3.63, 3.8) is 0 Å². The number of aliphatic hydroxyl groups is 1. The van der Waals surface area contributed by atoms with Gasteiger partial charge in [0, 0.05) is 21.8 Å². The molecule has 0 bridgehead atoms. The van der Waals surface area contributed by atoms with Crippen LogP contribution in [0.25, 0.3) is 0 Å². The molecule has 5 heteroatoms. The molecule has 4 nitrogen and oxygen atoms in total. The Morgan fingerprint density at radius 1 is 1.19 bits per heavy atom. The molecule has 2 amide bonds. The van der Waals surface area contributed by atoms with E-state index in [2.05, 4.69) is 5.32 Å². The normalized spacial score (nSPS) is 21.1. The fourth-order valence-electron chi connectivity index (χ4n) is 3.49. The molecule has 1 saturated heterocycles. The maximum Gasteiger partial charge on any atom is 0.322 e. The number of piperidine rings is 1. The van der Waals surface area contributed by atoms with Crippen LogP contribution in [0.4, 0.5) is 10.5 Å². The van der Waals surface area contributed by atoms with E-state index in [1.54, 1.807) is 24.3 Å². The van der Waals surface area contributed by atoms with Gasteiger partial charge < -0.3 is 15.3 Å².